The third kappa shape index (κ3) is 8.23. The maximum atomic E-state index is 12.3. The molecule has 2 aromatic heterocycles. The van der Waals surface area contributed by atoms with Gasteiger partial charge in [-0.25, -0.2) is 4.98 Å². The number of para-hydroxylation sites is 1. The van der Waals surface area contributed by atoms with Gasteiger partial charge in [0.1, 0.15) is 11.6 Å². The number of benzene rings is 6. The highest BCUT2D eigenvalue weighted by Gasteiger charge is 2.26. The second-order valence-corrected chi connectivity index (χ2v) is 19.1. The second kappa shape index (κ2) is 16.2. The van der Waals surface area contributed by atoms with Crippen molar-refractivity contribution in [2.75, 3.05) is 0 Å². The molecule has 4 heteroatoms. The monoisotopic (exact) mass is 826 g/mol. The fourth-order valence-corrected chi connectivity index (χ4v) is 7.98. The van der Waals surface area contributed by atoms with Crippen LogP contribution < -0.4 is 0 Å². The Morgan fingerprint density at radius 3 is 2.00 bits per heavy atom. The number of nitrogens with zero attached hydrogens (tertiary/aromatic N) is 3. The summed E-state index contributed by atoms with van der Waals surface area (Å²) in [5.74, 6) is 0.840. The number of aromatic hydroxyl groups is 1. The van der Waals surface area contributed by atoms with Crippen LogP contribution in [0.3, 0.4) is 0 Å². The Bertz CT molecular complexity index is 3440. The van der Waals surface area contributed by atoms with Gasteiger partial charge in [-0.15, -0.1) is 0 Å². The minimum absolute atomic E-state index is 0.00655. The van der Waals surface area contributed by atoms with E-state index in [1.807, 2.05) is 57.2 Å². The zero-order valence-corrected chi connectivity index (χ0v) is 37.6. The second-order valence-electron chi connectivity index (χ2n) is 19.1. The molecule has 8 rings (SSSR count). The fraction of sp³-hybridized carbons (Fsp3) is 0.276. The molecule has 8 aromatic rings. The van der Waals surface area contributed by atoms with Gasteiger partial charge in [0, 0.05) is 27.0 Å². The molecule has 62 heavy (non-hydrogen) atoms. The van der Waals surface area contributed by atoms with E-state index in [0.717, 1.165) is 50.1 Å². The molecule has 1 N–H and O–H groups in total. The summed E-state index contributed by atoms with van der Waals surface area (Å²) in [6.07, 6.45) is -0.563. The minimum atomic E-state index is -2.96. The van der Waals surface area contributed by atoms with Gasteiger partial charge < -0.3 is 5.11 Å². The summed E-state index contributed by atoms with van der Waals surface area (Å²) in [4.78, 5) is 9.99. The Balaban J connectivity index is 1.45. The third-order valence-corrected chi connectivity index (χ3v) is 11.7. The third-order valence-electron chi connectivity index (χ3n) is 11.7. The minimum Gasteiger partial charge on any atom is -0.507 e. The summed E-state index contributed by atoms with van der Waals surface area (Å²) in [6.45, 7) is 20.2. The van der Waals surface area contributed by atoms with Gasteiger partial charge in [0.15, 0.2) is 0 Å². The zero-order valence-electron chi connectivity index (χ0n) is 47.6. The molecule has 0 aliphatic carbocycles. The molecule has 0 radical (unpaired) electrons. The lowest BCUT2D eigenvalue weighted by atomic mass is 9.83. The van der Waals surface area contributed by atoms with E-state index in [9.17, 15) is 6.48 Å². The number of fused-ring (bicyclic) bond motifs is 1. The highest BCUT2D eigenvalue weighted by atomic mass is 16.3. The molecule has 314 valence electrons. The lowest BCUT2D eigenvalue weighted by Crippen LogP contribution is -2.11. The van der Waals surface area contributed by atoms with E-state index in [1.54, 1.807) is 0 Å². The molecule has 4 nitrogen and oxygen atoms in total. The van der Waals surface area contributed by atoms with E-state index in [1.165, 1.54) is 5.56 Å². The first-order valence-corrected chi connectivity index (χ1v) is 21.4. The average Bonchev–Trinajstić information content (AvgIpc) is 3.68. The van der Waals surface area contributed by atoms with Crippen LogP contribution in [0.15, 0.2) is 133 Å². The van der Waals surface area contributed by atoms with E-state index >= 15 is 0 Å². The van der Waals surface area contributed by atoms with Gasteiger partial charge in [-0.05, 0) is 129 Å². The van der Waals surface area contributed by atoms with Crippen LogP contribution in [0.25, 0.3) is 72.7 Å². The zero-order chi connectivity index (χ0) is 52.8. The van der Waals surface area contributed by atoms with Crippen LogP contribution in [-0.4, -0.2) is 19.6 Å². The Labute approximate surface area is 383 Å². The fourth-order valence-electron chi connectivity index (χ4n) is 7.98. The van der Waals surface area contributed by atoms with Gasteiger partial charge in [0.2, 0.25) is 0 Å². The van der Waals surface area contributed by atoms with Gasteiger partial charge in [-0.1, -0.05) is 159 Å². The van der Waals surface area contributed by atoms with Gasteiger partial charge in [-0.2, -0.15) is 0 Å². The van der Waals surface area contributed by atoms with Crippen molar-refractivity contribution in [1.29, 1.82) is 0 Å². The molecule has 0 aliphatic heterocycles. The Morgan fingerprint density at radius 2 is 1.34 bits per heavy atom. The summed E-state index contributed by atoms with van der Waals surface area (Å²) < 4.78 is 88.3. The molecule has 0 spiro atoms. The number of phenolic OH excluding ortho intramolecular Hbond substituents is 1. The van der Waals surface area contributed by atoms with E-state index < -0.39 is 65.8 Å². The van der Waals surface area contributed by atoms with Gasteiger partial charge in [0.25, 0.3) is 0 Å². The first kappa shape index (κ1) is 31.6. The van der Waals surface area contributed by atoms with Crippen molar-refractivity contribution in [3.8, 4) is 67.5 Å². The summed E-state index contributed by atoms with van der Waals surface area (Å²) >= 11 is 0. The highest BCUT2D eigenvalue weighted by molar-refractivity contribution is 5.98. The molecule has 0 aliphatic rings. The Morgan fingerprint density at radius 1 is 0.629 bits per heavy atom. The maximum absolute atomic E-state index is 12.3. The smallest absolute Gasteiger partial charge is 0.149 e. The van der Waals surface area contributed by atoms with Crippen molar-refractivity contribution in [2.45, 2.75) is 106 Å². The van der Waals surface area contributed by atoms with Crippen molar-refractivity contribution in [3.63, 3.8) is 0 Å². The standard InChI is InChI=1S/C58H61N3O/c1-35(2)42-32-48(36(3)4)55(62)50(33-42)56-60-54-47(14-13-15-53(54)61(56)52-25-18-38(6)28-49(52)40-21-23-45(24-22-40)57(7,8)9)43-29-44(31-46(30-43)58(10,11)12)51-34-41(26-27-59-51)39-19-16-37(5)17-20-39/h13-36,62H,1-12H3/i5D3,16D,17D,19D,20D,26D,27D,34D. The normalized spacial score (nSPS) is 14.7. The van der Waals surface area contributed by atoms with Crippen molar-refractivity contribution >= 4 is 11.0 Å². The van der Waals surface area contributed by atoms with E-state index in [4.69, 9.17) is 17.3 Å². The van der Waals surface area contributed by atoms with E-state index in [-0.39, 0.29) is 34.3 Å². The van der Waals surface area contributed by atoms with Gasteiger partial charge in [-0.3, -0.25) is 9.55 Å². The summed E-state index contributed by atoms with van der Waals surface area (Å²) in [5, 5.41) is 12.3. The molecule has 6 aromatic carbocycles. The van der Waals surface area contributed by atoms with Crippen LogP contribution in [0.2, 0.25) is 0 Å². The predicted molar refractivity (Wildman–Crippen MR) is 263 cm³/mol. The number of phenols is 1. The highest BCUT2D eigenvalue weighted by Crippen LogP contribution is 2.44. The van der Waals surface area contributed by atoms with Crippen LogP contribution in [-0.2, 0) is 10.8 Å². The largest absolute Gasteiger partial charge is 0.507 e. The number of hydrogen-bond donors (Lipinski definition) is 1. The summed E-state index contributed by atoms with van der Waals surface area (Å²) in [7, 11) is 0. The van der Waals surface area contributed by atoms with Crippen molar-refractivity contribution in [1.82, 2.24) is 14.5 Å². The van der Waals surface area contributed by atoms with Crippen LogP contribution in [0.5, 0.6) is 5.75 Å². The Kier molecular flexibility index (Phi) is 8.26. The molecule has 0 fully saturated rings. The van der Waals surface area contributed by atoms with Gasteiger partial charge >= 0.3 is 0 Å². The van der Waals surface area contributed by atoms with Crippen LogP contribution in [0, 0.1) is 13.8 Å². The average molecular weight is 826 g/mol. The number of pyridine rings is 1. The maximum Gasteiger partial charge on any atom is 0.149 e. The van der Waals surface area contributed by atoms with Gasteiger partial charge in [0.05, 0.1) is 37.6 Å². The molecular formula is C58H61N3O. The predicted octanol–water partition coefficient (Wildman–Crippen LogP) is 15.9. The van der Waals surface area contributed by atoms with E-state index in [2.05, 4.69) is 120 Å². The van der Waals surface area contributed by atoms with Crippen LogP contribution in [0.4, 0.5) is 0 Å². The number of imidazole rings is 1. The lowest BCUT2D eigenvalue weighted by molar-refractivity contribution is 0.466. The van der Waals surface area contributed by atoms with Crippen molar-refractivity contribution < 1.29 is 18.8 Å². The molecule has 0 saturated carbocycles. The number of aromatic nitrogens is 3. The Hall–Kier alpha value is -6.26. The lowest BCUT2D eigenvalue weighted by Gasteiger charge is -2.22. The molecule has 0 unspecified atom stereocenters. The van der Waals surface area contributed by atoms with Crippen LogP contribution in [0.1, 0.15) is 128 Å². The topological polar surface area (TPSA) is 50.9 Å². The number of hydrogen-bond acceptors (Lipinski definition) is 3. The summed E-state index contributed by atoms with van der Waals surface area (Å²) in [5.41, 5.74) is 9.49. The number of aryl methyl sites for hydroxylation is 1. The van der Waals surface area contributed by atoms with Crippen molar-refractivity contribution in [3.05, 3.63) is 167 Å². The first-order chi connectivity index (χ1) is 33.5. The molecule has 0 saturated heterocycles. The molecule has 0 atom stereocenters. The molecule has 0 bridgehead atoms. The summed E-state index contributed by atoms with van der Waals surface area (Å²) in [6, 6.07) is 26.8. The quantitative estimate of drug-likeness (QED) is 0.166. The SMILES string of the molecule is [2H]c1nc(-c2cc(-c3cccc4c3nc(-c3cc(C(C)C)cc(C(C)C)c3O)n4-c3ccc(C)cc3-c3ccc(C(C)(C)C)cc3)cc(C(C)(C)C)c2)c([2H])c(-c2c([2H])c([2H])c(C([2H])([2H])[2H])c([2H])c2[2H])c1[2H]. The van der Waals surface area contributed by atoms with E-state index in [0.29, 0.717) is 28.0 Å². The molecular weight excluding hydrogens is 755 g/mol. The number of rotatable bonds is 8. The molecule has 2 heterocycles. The first-order valence-electron chi connectivity index (χ1n) is 26.4. The molecule has 0 amide bonds. The van der Waals surface area contributed by atoms with Crippen LogP contribution >= 0.6 is 0 Å². The van der Waals surface area contributed by atoms with Crippen molar-refractivity contribution in [2.24, 2.45) is 0 Å².